The standard InChI is InChI=1S/C16H14F3NO/c17-11-7-13(18)16(19)14(8-11)20-9-10-5-6-21-15-4-2-1-3-12(10)15/h1-4,7-8,10,20H,5-6,9H2. The van der Waals surface area contributed by atoms with Gasteiger partial charge in [0.05, 0.1) is 12.3 Å². The molecule has 0 spiro atoms. The van der Waals surface area contributed by atoms with Crippen molar-refractivity contribution in [1.29, 1.82) is 0 Å². The first-order valence-electron chi connectivity index (χ1n) is 6.75. The van der Waals surface area contributed by atoms with Crippen molar-refractivity contribution >= 4 is 5.69 Å². The maximum Gasteiger partial charge on any atom is 0.182 e. The molecule has 0 radical (unpaired) electrons. The molecule has 0 amide bonds. The molecule has 0 bridgehead atoms. The molecule has 1 aliphatic rings. The molecule has 5 heteroatoms. The molecule has 1 heterocycles. The third-order valence-electron chi connectivity index (χ3n) is 3.61. The number of halogens is 3. The summed E-state index contributed by atoms with van der Waals surface area (Å²) in [6, 6.07) is 9.11. The van der Waals surface area contributed by atoms with Gasteiger partial charge in [-0.25, -0.2) is 13.2 Å². The van der Waals surface area contributed by atoms with Crippen LogP contribution in [0.1, 0.15) is 17.9 Å². The molecule has 21 heavy (non-hydrogen) atoms. The van der Waals surface area contributed by atoms with E-state index in [1.54, 1.807) is 0 Å². The Morgan fingerprint density at radius 3 is 2.81 bits per heavy atom. The molecule has 3 rings (SSSR count). The van der Waals surface area contributed by atoms with Crippen LogP contribution in [0.25, 0.3) is 0 Å². The Labute approximate surface area is 120 Å². The second-order valence-electron chi connectivity index (χ2n) is 5.00. The quantitative estimate of drug-likeness (QED) is 0.861. The van der Waals surface area contributed by atoms with E-state index in [2.05, 4.69) is 5.32 Å². The molecule has 0 saturated heterocycles. The van der Waals surface area contributed by atoms with Gasteiger partial charge in [0.25, 0.3) is 0 Å². The van der Waals surface area contributed by atoms with Crippen LogP contribution in [0.5, 0.6) is 5.75 Å². The highest BCUT2D eigenvalue weighted by molar-refractivity contribution is 5.47. The second kappa shape index (κ2) is 5.68. The molecule has 1 unspecified atom stereocenters. The van der Waals surface area contributed by atoms with Gasteiger partial charge >= 0.3 is 0 Å². The van der Waals surface area contributed by atoms with Crippen molar-refractivity contribution < 1.29 is 17.9 Å². The Bertz CT molecular complexity index is 660. The molecule has 0 aliphatic carbocycles. The number of fused-ring (bicyclic) bond motifs is 1. The molecule has 0 fully saturated rings. The number of rotatable bonds is 3. The van der Waals surface area contributed by atoms with Crippen LogP contribution in [0.2, 0.25) is 0 Å². The highest BCUT2D eigenvalue weighted by atomic mass is 19.2. The summed E-state index contributed by atoms with van der Waals surface area (Å²) in [6.45, 7) is 0.962. The van der Waals surface area contributed by atoms with E-state index in [-0.39, 0.29) is 11.6 Å². The summed E-state index contributed by atoms with van der Waals surface area (Å²) in [6.07, 6.45) is 0.767. The van der Waals surface area contributed by atoms with E-state index in [1.807, 2.05) is 24.3 Å². The van der Waals surface area contributed by atoms with E-state index < -0.39 is 17.5 Å². The second-order valence-corrected chi connectivity index (χ2v) is 5.00. The van der Waals surface area contributed by atoms with Crippen molar-refractivity contribution in [3.63, 3.8) is 0 Å². The lowest BCUT2D eigenvalue weighted by molar-refractivity contribution is 0.270. The van der Waals surface area contributed by atoms with Crippen LogP contribution < -0.4 is 10.1 Å². The third kappa shape index (κ3) is 2.82. The van der Waals surface area contributed by atoms with Crippen LogP contribution in [-0.2, 0) is 0 Å². The van der Waals surface area contributed by atoms with Gasteiger partial charge in [0.15, 0.2) is 11.6 Å². The molecule has 0 saturated carbocycles. The van der Waals surface area contributed by atoms with Gasteiger partial charge < -0.3 is 10.1 Å². The van der Waals surface area contributed by atoms with Gasteiger partial charge in [-0.3, -0.25) is 0 Å². The lowest BCUT2D eigenvalue weighted by Crippen LogP contribution is -2.21. The van der Waals surface area contributed by atoms with Gasteiger partial charge in [0.1, 0.15) is 11.6 Å². The van der Waals surface area contributed by atoms with Crippen LogP contribution in [-0.4, -0.2) is 13.2 Å². The minimum Gasteiger partial charge on any atom is -0.493 e. The molecule has 1 atom stereocenters. The first-order valence-corrected chi connectivity index (χ1v) is 6.75. The maximum atomic E-state index is 13.6. The molecule has 2 aromatic rings. The molecule has 0 aromatic heterocycles. The molecular weight excluding hydrogens is 279 g/mol. The molecule has 1 aliphatic heterocycles. The first-order chi connectivity index (χ1) is 10.1. The van der Waals surface area contributed by atoms with Crippen LogP contribution in [0.15, 0.2) is 36.4 Å². The normalized spacial score (nSPS) is 17.0. The van der Waals surface area contributed by atoms with Gasteiger partial charge in [-0.15, -0.1) is 0 Å². The van der Waals surface area contributed by atoms with Crippen LogP contribution in [0, 0.1) is 17.5 Å². The summed E-state index contributed by atoms with van der Waals surface area (Å²) < 4.78 is 45.5. The highest BCUT2D eigenvalue weighted by Crippen LogP contribution is 2.33. The Morgan fingerprint density at radius 1 is 1.14 bits per heavy atom. The first kappa shape index (κ1) is 13.8. The maximum absolute atomic E-state index is 13.6. The highest BCUT2D eigenvalue weighted by Gasteiger charge is 2.21. The largest absolute Gasteiger partial charge is 0.493 e. The van der Waals surface area contributed by atoms with E-state index in [0.717, 1.165) is 23.8 Å². The molecule has 110 valence electrons. The number of anilines is 1. The minimum absolute atomic E-state index is 0.112. The Morgan fingerprint density at radius 2 is 1.95 bits per heavy atom. The number of benzene rings is 2. The Hall–Kier alpha value is -2.17. The Balaban J connectivity index is 1.78. The average molecular weight is 293 g/mol. The Kier molecular flexibility index (Phi) is 3.73. The summed E-state index contributed by atoms with van der Waals surface area (Å²) in [5.74, 6) is -2.13. The van der Waals surface area contributed by atoms with E-state index in [0.29, 0.717) is 19.2 Å². The smallest absolute Gasteiger partial charge is 0.182 e. The zero-order valence-electron chi connectivity index (χ0n) is 11.2. The zero-order valence-corrected chi connectivity index (χ0v) is 11.2. The number of para-hydroxylation sites is 1. The van der Waals surface area contributed by atoms with Crippen LogP contribution in [0.3, 0.4) is 0 Å². The summed E-state index contributed by atoms with van der Waals surface area (Å²) in [7, 11) is 0. The van der Waals surface area contributed by atoms with E-state index in [1.165, 1.54) is 0 Å². The number of hydrogen-bond acceptors (Lipinski definition) is 2. The summed E-state index contributed by atoms with van der Waals surface area (Å²) in [4.78, 5) is 0. The predicted octanol–water partition coefficient (Wildman–Crippen LogP) is 4.08. The van der Waals surface area contributed by atoms with Crippen molar-refractivity contribution in [3.05, 3.63) is 59.4 Å². The summed E-state index contributed by atoms with van der Waals surface area (Å²) >= 11 is 0. The number of ether oxygens (including phenoxy) is 1. The molecule has 2 aromatic carbocycles. The van der Waals surface area contributed by atoms with Crippen molar-refractivity contribution in [2.24, 2.45) is 0 Å². The summed E-state index contributed by atoms with van der Waals surface area (Å²) in [5.41, 5.74) is 0.866. The summed E-state index contributed by atoms with van der Waals surface area (Å²) in [5, 5.41) is 2.79. The van der Waals surface area contributed by atoms with Crippen LogP contribution in [0.4, 0.5) is 18.9 Å². The predicted molar refractivity (Wildman–Crippen MR) is 74.1 cm³/mol. The fourth-order valence-electron chi connectivity index (χ4n) is 2.55. The van der Waals surface area contributed by atoms with E-state index >= 15 is 0 Å². The fourth-order valence-corrected chi connectivity index (χ4v) is 2.55. The van der Waals surface area contributed by atoms with Crippen molar-refractivity contribution in [3.8, 4) is 5.75 Å². The number of nitrogens with one attached hydrogen (secondary N) is 1. The number of hydrogen-bond donors (Lipinski definition) is 1. The lowest BCUT2D eigenvalue weighted by Gasteiger charge is -2.26. The van der Waals surface area contributed by atoms with Crippen LogP contribution >= 0.6 is 0 Å². The van der Waals surface area contributed by atoms with Crippen molar-refractivity contribution in [2.45, 2.75) is 12.3 Å². The molecule has 1 N–H and O–H groups in total. The van der Waals surface area contributed by atoms with Crippen molar-refractivity contribution in [2.75, 3.05) is 18.5 Å². The SMILES string of the molecule is Fc1cc(F)c(F)c(NCC2CCOc3ccccc32)c1. The lowest BCUT2D eigenvalue weighted by atomic mass is 9.93. The van der Waals surface area contributed by atoms with E-state index in [4.69, 9.17) is 4.74 Å². The average Bonchev–Trinajstić information content (AvgIpc) is 2.49. The minimum atomic E-state index is -1.19. The molecular formula is C16H14F3NO. The van der Waals surface area contributed by atoms with Crippen molar-refractivity contribution in [1.82, 2.24) is 0 Å². The third-order valence-corrected chi connectivity index (χ3v) is 3.61. The topological polar surface area (TPSA) is 21.3 Å². The van der Waals surface area contributed by atoms with Gasteiger partial charge in [0, 0.05) is 24.6 Å². The monoisotopic (exact) mass is 293 g/mol. The van der Waals surface area contributed by atoms with Gasteiger partial charge in [-0.1, -0.05) is 18.2 Å². The molecule has 2 nitrogen and oxygen atoms in total. The zero-order chi connectivity index (χ0) is 14.8. The fraction of sp³-hybridized carbons (Fsp3) is 0.250. The van der Waals surface area contributed by atoms with Gasteiger partial charge in [-0.05, 0) is 18.1 Å². The van der Waals surface area contributed by atoms with Gasteiger partial charge in [-0.2, -0.15) is 0 Å². The van der Waals surface area contributed by atoms with Gasteiger partial charge in [0.2, 0.25) is 0 Å². The van der Waals surface area contributed by atoms with E-state index in [9.17, 15) is 13.2 Å².